The number of likely N-dealkylation sites (tertiary alicyclic amines) is 1. The molecule has 2 atom stereocenters. The molecule has 0 radical (unpaired) electrons. The van der Waals surface area contributed by atoms with Crippen LogP contribution in [0, 0.1) is 5.92 Å². The molecule has 4 heteroatoms. The van der Waals surface area contributed by atoms with Gasteiger partial charge < -0.3 is 9.88 Å². The van der Waals surface area contributed by atoms with Crippen molar-refractivity contribution in [3.05, 3.63) is 95.3 Å². The third-order valence-electron chi connectivity index (χ3n) is 7.20. The lowest BCUT2D eigenvalue weighted by molar-refractivity contribution is 0.0806. The number of carbonyl (C=O) groups is 2. The Morgan fingerprint density at radius 3 is 2.77 bits per heavy atom. The van der Waals surface area contributed by atoms with Crippen molar-refractivity contribution in [3.8, 4) is 0 Å². The van der Waals surface area contributed by atoms with Gasteiger partial charge in [-0.25, -0.2) is 0 Å². The minimum atomic E-state index is -0.154. The Morgan fingerprint density at radius 2 is 1.83 bits per heavy atom. The molecule has 1 aliphatic heterocycles. The second-order valence-corrected chi connectivity index (χ2v) is 8.66. The topological polar surface area (TPSA) is 53.2 Å². The summed E-state index contributed by atoms with van der Waals surface area (Å²) >= 11 is 0. The first kappa shape index (κ1) is 16.2. The smallest absolute Gasteiger partial charge is 0.274 e. The third kappa shape index (κ3) is 1.86. The van der Waals surface area contributed by atoms with E-state index in [0.29, 0.717) is 18.2 Å². The maximum absolute atomic E-state index is 13.5. The summed E-state index contributed by atoms with van der Waals surface area (Å²) in [6.07, 6.45) is 2.72. The molecule has 1 amide bonds. The summed E-state index contributed by atoms with van der Waals surface area (Å²) in [6.45, 7) is 0.669. The lowest BCUT2D eigenvalue weighted by Crippen LogP contribution is -2.33. The van der Waals surface area contributed by atoms with Gasteiger partial charge in [-0.05, 0) is 40.8 Å². The molecule has 7 rings (SSSR count). The summed E-state index contributed by atoms with van der Waals surface area (Å²) in [6, 6.07) is 22.1. The summed E-state index contributed by atoms with van der Waals surface area (Å²) in [4.78, 5) is 31.4. The molecule has 3 aliphatic rings. The number of piperidine rings is 1. The molecule has 0 unspecified atom stereocenters. The second kappa shape index (κ2) is 5.28. The monoisotopic (exact) mass is 390 g/mol. The van der Waals surface area contributed by atoms with Crippen molar-refractivity contribution in [3.63, 3.8) is 0 Å². The van der Waals surface area contributed by atoms with Crippen LogP contribution >= 0.6 is 0 Å². The Labute approximate surface area is 172 Å². The minimum absolute atomic E-state index is 0.000726. The van der Waals surface area contributed by atoms with Crippen LogP contribution < -0.4 is 0 Å². The molecular formula is C26H18N2O2. The molecule has 1 saturated carbocycles. The first-order valence-corrected chi connectivity index (χ1v) is 10.4. The molecule has 2 fully saturated rings. The van der Waals surface area contributed by atoms with E-state index in [2.05, 4.69) is 29.2 Å². The number of nitrogens with one attached hydrogen (secondary N) is 1. The molecule has 2 heterocycles. The van der Waals surface area contributed by atoms with E-state index in [1.54, 1.807) is 6.08 Å². The average molecular weight is 390 g/mol. The Morgan fingerprint density at radius 1 is 1.00 bits per heavy atom. The predicted octanol–water partition coefficient (Wildman–Crippen LogP) is 4.82. The number of nitrogens with zero attached hydrogens (tertiary/aromatic N) is 1. The van der Waals surface area contributed by atoms with Gasteiger partial charge in [0, 0.05) is 40.2 Å². The Balaban J connectivity index is 1.33. The van der Waals surface area contributed by atoms with Crippen molar-refractivity contribution in [2.45, 2.75) is 11.8 Å². The molecule has 1 N–H and O–H groups in total. The van der Waals surface area contributed by atoms with Crippen molar-refractivity contribution in [1.82, 2.24) is 9.88 Å². The van der Waals surface area contributed by atoms with Crippen molar-refractivity contribution in [2.75, 3.05) is 6.54 Å². The third-order valence-corrected chi connectivity index (χ3v) is 7.20. The van der Waals surface area contributed by atoms with Gasteiger partial charge in [0.2, 0.25) is 0 Å². The number of hydrogen-bond acceptors (Lipinski definition) is 2. The largest absolute Gasteiger partial charge is 0.350 e. The zero-order chi connectivity index (χ0) is 20.0. The number of H-pyrrole nitrogens is 1. The van der Waals surface area contributed by atoms with Crippen LogP contribution in [0.15, 0.2) is 78.5 Å². The number of hydrogen-bond donors (Lipinski definition) is 1. The van der Waals surface area contributed by atoms with Crippen LogP contribution in [-0.2, 0) is 5.41 Å². The summed E-state index contributed by atoms with van der Waals surface area (Å²) < 4.78 is 0. The highest BCUT2D eigenvalue weighted by Crippen LogP contribution is 2.66. The van der Waals surface area contributed by atoms with E-state index in [-0.39, 0.29) is 17.1 Å². The molecule has 144 valence electrons. The van der Waals surface area contributed by atoms with Crippen LogP contribution in [0.25, 0.3) is 21.7 Å². The summed E-state index contributed by atoms with van der Waals surface area (Å²) in [5.41, 5.74) is 4.13. The second-order valence-electron chi connectivity index (χ2n) is 8.66. The first-order chi connectivity index (χ1) is 14.7. The van der Waals surface area contributed by atoms with E-state index in [9.17, 15) is 9.59 Å². The predicted molar refractivity (Wildman–Crippen MR) is 115 cm³/mol. The van der Waals surface area contributed by atoms with Crippen molar-refractivity contribution < 1.29 is 9.59 Å². The maximum Gasteiger partial charge on any atom is 0.274 e. The van der Waals surface area contributed by atoms with Crippen LogP contribution in [0.1, 0.15) is 32.8 Å². The van der Waals surface area contributed by atoms with Gasteiger partial charge in [-0.2, -0.15) is 0 Å². The van der Waals surface area contributed by atoms with Crippen molar-refractivity contribution >= 4 is 33.4 Å². The molecule has 30 heavy (non-hydrogen) atoms. The summed E-state index contributed by atoms with van der Waals surface area (Å²) in [5, 5.41) is 3.34. The quantitative estimate of drug-likeness (QED) is 0.507. The van der Waals surface area contributed by atoms with E-state index >= 15 is 0 Å². The standard InChI is InChI=1S/C26H18N2O2/c29-23-12-24-26(20-8-4-3-7-18(20)23)13-16(26)14-28(24)25(30)22-11-19-17-6-2-1-5-15(17)9-10-21(19)27-22/h1-12,16,27H,13-14H2/t16-,26-/m0/s1. The van der Waals surface area contributed by atoms with Gasteiger partial charge in [0.05, 0.1) is 0 Å². The van der Waals surface area contributed by atoms with Gasteiger partial charge in [-0.15, -0.1) is 0 Å². The molecule has 1 saturated heterocycles. The van der Waals surface area contributed by atoms with Gasteiger partial charge in [0.15, 0.2) is 5.78 Å². The highest BCUT2D eigenvalue weighted by atomic mass is 16.2. The molecule has 4 aromatic rings. The number of aromatic amines is 1. The molecule has 2 aliphatic carbocycles. The van der Waals surface area contributed by atoms with Crippen molar-refractivity contribution in [2.24, 2.45) is 5.92 Å². The number of allylic oxidation sites excluding steroid dienone is 2. The molecule has 4 nitrogen and oxygen atoms in total. The number of fused-ring (bicyclic) bond motifs is 4. The fourth-order valence-corrected chi connectivity index (χ4v) is 5.73. The highest BCUT2D eigenvalue weighted by molar-refractivity contribution is 6.12. The lowest BCUT2D eigenvalue weighted by atomic mass is 9.81. The zero-order valence-electron chi connectivity index (χ0n) is 16.2. The molecular weight excluding hydrogens is 372 g/mol. The SMILES string of the molecule is O=C1C=C2N(C(=O)c3cc4c(ccc5ccccc54)[nH]3)C[C@@H]3C[C@]23c2ccccc21. The van der Waals surface area contributed by atoms with Crippen LogP contribution in [-0.4, -0.2) is 28.1 Å². The van der Waals surface area contributed by atoms with Crippen LogP contribution in [0.3, 0.4) is 0 Å². The molecule has 1 aromatic heterocycles. The van der Waals surface area contributed by atoms with E-state index in [1.165, 1.54) is 0 Å². The van der Waals surface area contributed by atoms with E-state index in [1.807, 2.05) is 47.4 Å². The number of ketones is 1. The molecule has 3 aromatic carbocycles. The van der Waals surface area contributed by atoms with Crippen LogP contribution in [0.5, 0.6) is 0 Å². The normalized spacial score (nSPS) is 23.9. The number of carbonyl (C=O) groups excluding carboxylic acids is 2. The Bertz CT molecular complexity index is 1460. The average Bonchev–Trinajstić information content (AvgIpc) is 3.16. The number of aromatic nitrogens is 1. The summed E-state index contributed by atoms with van der Waals surface area (Å²) in [7, 11) is 0. The first-order valence-electron chi connectivity index (χ1n) is 10.4. The molecule has 0 bridgehead atoms. The van der Waals surface area contributed by atoms with Gasteiger partial charge in [-0.1, -0.05) is 54.6 Å². The van der Waals surface area contributed by atoms with E-state index < -0.39 is 0 Å². The summed E-state index contributed by atoms with van der Waals surface area (Å²) in [5.74, 6) is 0.340. The minimum Gasteiger partial charge on any atom is -0.350 e. The van der Waals surface area contributed by atoms with Gasteiger partial charge >= 0.3 is 0 Å². The number of benzene rings is 3. The Hall–Kier alpha value is -3.66. The lowest BCUT2D eigenvalue weighted by Gasteiger charge is -2.29. The number of amides is 1. The maximum atomic E-state index is 13.5. The fraction of sp³-hybridized carbons (Fsp3) is 0.154. The van der Waals surface area contributed by atoms with Crippen LogP contribution in [0.2, 0.25) is 0 Å². The molecule has 1 spiro atoms. The van der Waals surface area contributed by atoms with E-state index in [4.69, 9.17) is 0 Å². The van der Waals surface area contributed by atoms with E-state index in [0.717, 1.165) is 44.9 Å². The fourth-order valence-electron chi connectivity index (χ4n) is 5.73. The van der Waals surface area contributed by atoms with Gasteiger partial charge in [-0.3, -0.25) is 9.59 Å². The zero-order valence-corrected chi connectivity index (χ0v) is 16.2. The number of rotatable bonds is 1. The van der Waals surface area contributed by atoms with Gasteiger partial charge in [0.25, 0.3) is 5.91 Å². The Kier molecular flexibility index (Phi) is 2.84. The van der Waals surface area contributed by atoms with Crippen molar-refractivity contribution in [1.29, 1.82) is 0 Å². The van der Waals surface area contributed by atoms with Crippen LogP contribution in [0.4, 0.5) is 0 Å². The van der Waals surface area contributed by atoms with Gasteiger partial charge in [0.1, 0.15) is 5.69 Å². The highest BCUT2D eigenvalue weighted by Gasteiger charge is 2.67.